The van der Waals surface area contributed by atoms with Crippen molar-refractivity contribution in [1.29, 1.82) is 0 Å². The Labute approximate surface area is 120 Å². The molecule has 1 aromatic carbocycles. The first-order valence-electron chi connectivity index (χ1n) is 5.59. The fraction of sp³-hybridized carbons (Fsp3) is 0.308. The summed E-state index contributed by atoms with van der Waals surface area (Å²) in [5.41, 5.74) is 2.27. The third kappa shape index (κ3) is 3.76. The molecule has 0 bridgehead atoms. The second-order valence-electron chi connectivity index (χ2n) is 4.17. The summed E-state index contributed by atoms with van der Waals surface area (Å²) >= 11 is 4.03. The van der Waals surface area contributed by atoms with Crippen molar-refractivity contribution >= 4 is 33.9 Å². The highest BCUT2D eigenvalue weighted by Gasteiger charge is 2.04. The Morgan fingerprint density at radius 3 is 2.65 bits per heavy atom. The Morgan fingerprint density at radius 2 is 2.00 bits per heavy atom. The van der Waals surface area contributed by atoms with Crippen molar-refractivity contribution in [2.24, 2.45) is 0 Å². The largest absolute Gasteiger partial charge is 0.308 e. The van der Waals surface area contributed by atoms with Crippen LogP contribution in [0.1, 0.15) is 18.9 Å². The molecule has 0 radical (unpaired) electrons. The first kappa shape index (κ1) is 13.0. The first-order chi connectivity index (χ1) is 8.15. The second kappa shape index (κ2) is 5.93. The summed E-state index contributed by atoms with van der Waals surface area (Å²) in [5, 5.41) is 6.65. The van der Waals surface area contributed by atoms with Gasteiger partial charge in [-0.3, -0.25) is 0 Å². The molecule has 4 heteroatoms. The van der Waals surface area contributed by atoms with E-state index < -0.39 is 0 Å². The maximum absolute atomic E-state index is 4.64. The highest BCUT2D eigenvalue weighted by Crippen LogP contribution is 2.22. The molecule has 1 N–H and O–H groups in total. The van der Waals surface area contributed by atoms with E-state index in [4.69, 9.17) is 0 Å². The van der Waals surface area contributed by atoms with Gasteiger partial charge in [-0.05, 0) is 34.7 Å². The highest BCUT2D eigenvalue weighted by molar-refractivity contribution is 14.1. The van der Waals surface area contributed by atoms with Crippen molar-refractivity contribution in [3.8, 4) is 11.3 Å². The number of hydrogen-bond acceptors (Lipinski definition) is 3. The van der Waals surface area contributed by atoms with Crippen LogP contribution in [0.4, 0.5) is 0 Å². The van der Waals surface area contributed by atoms with Crippen molar-refractivity contribution in [2.45, 2.75) is 26.4 Å². The summed E-state index contributed by atoms with van der Waals surface area (Å²) in [6, 6.07) is 8.97. The summed E-state index contributed by atoms with van der Waals surface area (Å²) in [6.07, 6.45) is 0. The van der Waals surface area contributed by atoms with Gasteiger partial charge >= 0.3 is 0 Å². The van der Waals surface area contributed by atoms with Gasteiger partial charge in [0.25, 0.3) is 0 Å². The minimum Gasteiger partial charge on any atom is -0.308 e. The van der Waals surface area contributed by atoms with E-state index in [-0.39, 0.29) is 0 Å². The summed E-state index contributed by atoms with van der Waals surface area (Å²) in [6.45, 7) is 5.15. The van der Waals surface area contributed by atoms with Crippen LogP contribution in [-0.2, 0) is 6.54 Å². The van der Waals surface area contributed by atoms with E-state index in [0.29, 0.717) is 6.04 Å². The molecule has 0 aliphatic heterocycles. The fourth-order valence-corrected chi connectivity index (χ4v) is 2.55. The van der Waals surface area contributed by atoms with Gasteiger partial charge in [0.15, 0.2) is 0 Å². The van der Waals surface area contributed by atoms with Crippen molar-refractivity contribution in [1.82, 2.24) is 10.3 Å². The highest BCUT2D eigenvalue weighted by atomic mass is 127. The Kier molecular flexibility index (Phi) is 4.53. The molecule has 0 saturated heterocycles. The van der Waals surface area contributed by atoms with Gasteiger partial charge in [0.1, 0.15) is 5.01 Å². The van der Waals surface area contributed by atoms with Crippen LogP contribution in [0.5, 0.6) is 0 Å². The van der Waals surface area contributed by atoms with Gasteiger partial charge in [-0.2, -0.15) is 0 Å². The van der Waals surface area contributed by atoms with Crippen LogP contribution in [0.15, 0.2) is 29.6 Å². The molecule has 0 saturated carbocycles. The predicted octanol–water partition coefficient (Wildman–Crippen LogP) is 3.91. The second-order valence-corrected chi connectivity index (χ2v) is 6.36. The third-order valence-electron chi connectivity index (χ3n) is 2.35. The van der Waals surface area contributed by atoms with Gasteiger partial charge in [-0.25, -0.2) is 4.98 Å². The number of nitrogens with one attached hydrogen (secondary N) is 1. The smallest absolute Gasteiger partial charge is 0.107 e. The van der Waals surface area contributed by atoms with Gasteiger partial charge in [-0.1, -0.05) is 26.0 Å². The minimum atomic E-state index is 0.501. The molecule has 2 nitrogen and oxygen atoms in total. The number of nitrogens with zero attached hydrogens (tertiary/aromatic N) is 1. The zero-order chi connectivity index (χ0) is 12.3. The van der Waals surface area contributed by atoms with E-state index in [1.165, 1.54) is 9.13 Å². The Hall–Kier alpha value is -0.460. The van der Waals surface area contributed by atoms with E-state index >= 15 is 0 Å². The van der Waals surface area contributed by atoms with Crippen LogP contribution < -0.4 is 5.32 Å². The molecule has 17 heavy (non-hydrogen) atoms. The lowest BCUT2D eigenvalue weighted by Crippen LogP contribution is -2.21. The number of hydrogen-bond donors (Lipinski definition) is 1. The number of halogens is 1. The SMILES string of the molecule is CC(C)NCc1nc(-c2ccc(I)cc2)cs1. The van der Waals surface area contributed by atoms with Gasteiger partial charge in [0, 0.05) is 27.1 Å². The Balaban J connectivity index is 2.10. The topological polar surface area (TPSA) is 24.9 Å². The van der Waals surface area contributed by atoms with Gasteiger partial charge in [0.2, 0.25) is 0 Å². The zero-order valence-corrected chi connectivity index (χ0v) is 12.9. The molecule has 0 amide bonds. The van der Waals surface area contributed by atoms with Crippen LogP contribution in [-0.4, -0.2) is 11.0 Å². The normalized spacial score (nSPS) is 11.1. The fourth-order valence-electron chi connectivity index (χ4n) is 1.44. The van der Waals surface area contributed by atoms with E-state index in [1.54, 1.807) is 11.3 Å². The molecule has 0 spiro atoms. The third-order valence-corrected chi connectivity index (χ3v) is 3.92. The minimum absolute atomic E-state index is 0.501. The van der Waals surface area contributed by atoms with Crippen molar-refractivity contribution in [3.05, 3.63) is 38.2 Å². The Morgan fingerprint density at radius 1 is 1.29 bits per heavy atom. The molecular weight excluding hydrogens is 343 g/mol. The summed E-state index contributed by atoms with van der Waals surface area (Å²) in [4.78, 5) is 4.64. The lowest BCUT2D eigenvalue weighted by molar-refractivity contribution is 0.587. The summed E-state index contributed by atoms with van der Waals surface area (Å²) in [5.74, 6) is 0. The van der Waals surface area contributed by atoms with Crippen LogP contribution in [0.2, 0.25) is 0 Å². The lowest BCUT2D eigenvalue weighted by Gasteiger charge is -2.04. The molecule has 0 aliphatic carbocycles. The Bertz CT molecular complexity index is 476. The van der Waals surface area contributed by atoms with Gasteiger partial charge in [-0.15, -0.1) is 11.3 Å². The lowest BCUT2D eigenvalue weighted by atomic mass is 10.2. The zero-order valence-electron chi connectivity index (χ0n) is 9.90. The average Bonchev–Trinajstić information content (AvgIpc) is 2.76. The molecule has 0 atom stereocenters. The molecule has 0 aliphatic rings. The van der Waals surface area contributed by atoms with Crippen molar-refractivity contribution in [2.75, 3.05) is 0 Å². The number of rotatable bonds is 4. The van der Waals surface area contributed by atoms with E-state index in [9.17, 15) is 0 Å². The maximum atomic E-state index is 4.64. The monoisotopic (exact) mass is 358 g/mol. The molecule has 2 rings (SSSR count). The molecule has 2 aromatic rings. The van der Waals surface area contributed by atoms with Gasteiger partial charge < -0.3 is 5.32 Å². The molecule has 90 valence electrons. The van der Waals surface area contributed by atoms with Crippen LogP contribution >= 0.6 is 33.9 Å². The first-order valence-corrected chi connectivity index (χ1v) is 7.54. The van der Waals surface area contributed by atoms with E-state index in [2.05, 4.69) is 76.4 Å². The molecule has 1 heterocycles. The molecular formula is C13H15IN2S. The number of aromatic nitrogens is 1. The molecule has 1 aromatic heterocycles. The summed E-state index contributed by atoms with van der Waals surface area (Å²) in [7, 11) is 0. The van der Waals surface area contributed by atoms with Crippen LogP contribution in [0.3, 0.4) is 0 Å². The van der Waals surface area contributed by atoms with Crippen molar-refractivity contribution < 1.29 is 0 Å². The predicted molar refractivity (Wildman–Crippen MR) is 82.2 cm³/mol. The molecule has 0 unspecified atom stereocenters. The number of thiazole rings is 1. The van der Waals surface area contributed by atoms with Crippen LogP contribution in [0, 0.1) is 3.57 Å². The molecule has 0 fully saturated rings. The number of benzene rings is 1. The summed E-state index contributed by atoms with van der Waals surface area (Å²) < 4.78 is 1.25. The van der Waals surface area contributed by atoms with Gasteiger partial charge in [0.05, 0.1) is 5.69 Å². The maximum Gasteiger partial charge on any atom is 0.107 e. The van der Waals surface area contributed by atoms with Crippen molar-refractivity contribution in [3.63, 3.8) is 0 Å². The standard InChI is InChI=1S/C13H15IN2S/c1-9(2)15-7-13-16-12(8-17-13)10-3-5-11(14)6-4-10/h3-6,8-9,15H,7H2,1-2H3. The average molecular weight is 358 g/mol. The van der Waals surface area contributed by atoms with E-state index in [0.717, 1.165) is 17.2 Å². The quantitative estimate of drug-likeness (QED) is 0.839. The van der Waals surface area contributed by atoms with E-state index in [1.807, 2.05) is 0 Å². The van der Waals surface area contributed by atoms with Crippen LogP contribution in [0.25, 0.3) is 11.3 Å².